The lowest BCUT2D eigenvalue weighted by molar-refractivity contribution is -0.123. The molecule has 4 unspecified atom stereocenters. The average Bonchev–Trinajstić information content (AvgIpc) is 3.17. The van der Waals surface area contributed by atoms with Gasteiger partial charge in [-0.15, -0.1) is 0 Å². The molecule has 0 aromatic heterocycles. The van der Waals surface area contributed by atoms with Crippen LogP contribution >= 0.6 is 23.2 Å². The van der Waals surface area contributed by atoms with Crippen molar-refractivity contribution in [3.05, 3.63) is 69.2 Å². The minimum atomic E-state index is -1.70. The van der Waals surface area contributed by atoms with Gasteiger partial charge in [-0.1, -0.05) is 62.2 Å². The Bertz CT molecular complexity index is 1350. The number of hydrogen-bond donors (Lipinski definition) is 3. The van der Waals surface area contributed by atoms with E-state index in [-0.39, 0.29) is 39.7 Å². The molecule has 11 heteroatoms. The Morgan fingerprint density at radius 1 is 1.07 bits per heavy atom. The molecule has 0 saturated carbocycles. The fourth-order valence-electron chi connectivity index (χ4n) is 5.47. The summed E-state index contributed by atoms with van der Waals surface area (Å²) in [7, 11) is 0. The maximum absolute atomic E-state index is 15.7. The molecule has 1 heterocycles. The van der Waals surface area contributed by atoms with Crippen molar-refractivity contribution in [2.75, 3.05) is 13.1 Å². The van der Waals surface area contributed by atoms with Crippen molar-refractivity contribution < 1.29 is 23.1 Å². The van der Waals surface area contributed by atoms with E-state index in [1.54, 1.807) is 20.8 Å². The minimum absolute atomic E-state index is 0.0115. The molecule has 0 spiro atoms. The van der Waals surface area contributed by atoms with Crippen molar-refractivity contribution in [1.29, 1.82) is 5.26 Å². The summed E-state index contributed by atoms with van der Waals surface area (Å²) in [4.78, 5) is 25.6. The Morgan fingerprint density at radius 2 is 1.74 bits per heavy atom. The molecule has 228 valence electrons. The van der Waals surface area contributed by atoms with Crippen molar-refractivity contribution in [3.8, 4) is 6.07 Å². The normalized spacial score (nSPS) is 22.4. The number of rotatable bonds is 8. The average molecular weight is 624 g/mol. The first-order chi connectivity index (χ1) is 19.5. The number of nitrogens with one attached hydrogen (secondary N) is 3. The number of carbonyl (C=O) groups excluding carboxylic acids is 2. The molecule has 1 saturated heterocycles. The Hall–Kier alpha value is -2.93. The molecule has 1 fully saturated rings. The van der Waals surface area contributed by atoms with Gasteiger partial charge in [-0.25, -0.2) is 13.6 Å². The van der Waals surface area contributed by atoms with Crippen LogP contribution in [-0.4, -0.2) is 42.8 Å². The summed E-state index contributed by atoms with van der Waals surface area (Å²) in [5.74, 6) is -3.16. The summed E-state index contributed by atoms with van der Waals surface area (Å²) in [5.41, 5.74) is -2.66. The summed E-state index contributed by atoms with van der Waals surface area (Å²) in [6, 6.07) is 8.86. The van der Waals surface area contributed by atoms with Crippen LogP contribution in [0.25, 0.3) is 0 Å². The maximum Gasteiger partial charge on any atom is 0.407 e. The number of ether oxygens (including phenoxy) is 1. The van der Waals surface area contributed by atoms with Crippen LogP contribution in [0.5, 0.6) is 0 Å². The molecule has 0 aliphatic carbocycles. The number of nitriles is 1. The quantitative estimate of drug-likeness (QED) is 0.287. The van der Waals surface area contributed by atoms with E-state index < -0.39 is 52.7 Å². The molecule has 4 atom stereocenters. The second-order valence-corrected chi connectivity index (χ2v) is 13.6. The summed E-state index contributed by atoms with van der Waals surface area (Å²) in [6.07, 6.45) is 0.177. The first-order valence-corrected chi connectivity index (χ1v) is 14.6. The zero-order valence-electron chi connectivity index (χ0n) is 24.7. The maximum atomic E-state index is 15.7. The van der Waals surface area contributed by atoms with Crippen LogP contribution in [0.4, 0.5) is 13.6 Å². The SMILES string of the molecule is CC(C)(C)CC1NC(C(=O)NCCCNC(=O)OC(C)(C)C)C(c2cccc(Cl)c2F)C1(C#N)c1ccc(Cl)cc1F. The van der Waals surface area contributed by atoms with Gasteiger partial charge in [-0.3, -0.25) is 4.79 Å². The number of amides is 2. The third-order valence-corrected chi connectivity index (χ3v) is 7.58. The standard InChI is InChI=1S/C31H38Cl2F2N4O3/c1-29(2,3)16-23-31(17-36,20-12-11-18(32)15-22(20)34)24(19-9-7-10-21(33)25(19)35)26(39-23)27(40)37-13-8-14-38-28(41)42-30(4,5)6/h7,9-12,15,23-24,26,39H,8,13-14,16H2,1-6H3,(H,37,40)(H,38,41). The van der Waals surface area contributed by atoms with E-state index in [9.17, 15) is 14.9 Å². The molecule has 0 radical (unpaired) electrons. The molecule has 1 aliphatic heterocycles. The highest BCUT2D eigenvalue weighted by Crippen LogP contribution is 2.52. The largest absolute Gasteiger partial charge is 0.444 e. The molecule has 2 aromatic rings. The van der Waals surface area contributed by atoms with E-state index in [1.165, 1.54) is 30.3 Å². The van der Waals surface area contributed by atoms with Crippen LogP contribution in [-0.2, 0) is 14.9 Å². The van der Waals surface area contributed by atoms with Crippen LogP contribution < -0.4 is 16.0 Å². The van der Waals surface area contributed by atoms with Gasteiger partial charge in [0.25, 0.3) is 0 Å². The third-order valence-electron chi connectivity index (χ3n) is 7.05. The molecule has 7 nitrogen and oxygen atoms in total. The van der Waals surface area contributed by atoms with Crippen molar-refractivity contribution in [2.24, 2.45) is 5.41 Å². The van der Waals surface area contributed by atoms with Crippen molar-refractivity contribution in [3.63, 3.8) is 0 Å². The van der Waals surface area contributed by atoms with E-state index in [2.05, 4.69) is 22.0 Å². The number of hydrogen-bond acceptors (Lipinski definition) is 5. The summed E-state index contributed by atoms with van der Waals surface area (Å²) in [6.45, 7) is 11.6. The lowest BCUT2D eigenvalue weighted by atomic mass is 9.62. The monoisotopic (exact) mass is 622 g/mol. The van der Waals surface area contributed by atoms with Gasteiger partial charge in [-0.05, 0) is 62.8 Å². The third kappa shape index (κ3) is 7.71. The van der Waals surface area contributed by atoms with Gasteiger partial charge in [0, 0.05) is 35.6 Å². The Balaban J connectivity index is 2.01. The molecule has 2 aromatic carbocycles. The van der Waals surface area contributed by atoms with Crippen LogP contribution in [0, 0.1) is 28.4 Å². The number of nitrogens with zero attached hydrogens (tertiary/aromatic N) is 1. The van der Waals surface area contributed by atoms with Crippen LogP contribution in [0.1, 0.15) is 71.4 Å². The van der Waals surface area contributed by atoms with Gasteiger partial charge in [0.15, 0.2) is 0 Å². The lowest BCUT2D eigenvalue weighted by Gasteiger charge is -2.37. The van der Waals surface area contributed by atoms with Crippen molar-refractivity contribution in [2.45, 2.75) is 83.4 Å². The van der Waals surface area contributed by atoms with Gasteiger partial charge in [-0.2, -0.15) is 5.26 Å². The van der Waals surface area contributed by atoms with Gasteiger partial charge < -0.3 is 20.7 Å². The highest BCUT2D eigenvalue weighted by molar-refractivity contribution is 6.31. The highest BCUT2D eigenvalue weighted by atomic mass is 35.5. The number of alkyl carbamates (subject to hydrolysis) is 1. The number of carbonyl (C=O) groups is 2. The molecule has 42 heavy (non-hydrogen) atoms. The fraction of sp³-hybridized carbons (Fsp3) is 0.516. The highest BCUT2D eigenvalue weighted by Gasteiger charge is 2.61. The Morgan fingerprint density at radius 3 is 2.33 bits per heavy atom. The summed E-state index contributed by atoms with van der Waals surface area (Å²) in [5, 5.41) is 19.6. The van der Waals surface area contributed by atoms with Crippen molar-refractivity contribution in [1.82, 2.24) is 16.0 Å². The van der Waals surface area contributed by atoms with Gasteiger partial charge in [0.1, 0.15) is 22.7 Å². The Labute approximate surface area is 256 Å². The van der Waals surface area contributed by atoms with Crippen LogP contribution in [0.3, 0.4) is 0 Å². The smallest absolute Gasteiger partial charge is 0.407 e. The van der Waals surface area contributed by atoms with E-state index >= 15 is 8.78 Å². The predicted molar refractivity (Wildman–Crippen MR) is 159 cm³/mol. The second kappa shape index (κ2) is 13.2. The number of benzene rings is 2. The predicted octanol–water partition coefficient (Wildman–Crippen LogP) is 6.62. The van der Waals surface area contributed by atoms with E-state index in [1.807, 2.05) is 20.8 Å². The minimum Gasteiger partial charge on any atom is -0.444 e. The van der Waals surface area contributed by atoms with Gasteiger partial charge in [0.2, 0.25) is 5.91 Å². The van der Waals surface area contributed by atoms with Crippen LogP contribution in [0.2, 0.25) is 10.0 Å². The first-order valence-electron chi connectivity index (χ1n) is 13.8. The van der Waals surface area contributed by atoms with Crippen molar-refractivity contribution >= 4 is 35.2 Å². The second-order valence-electron chi connectivity index (χ2n) is 12.8. The van der Waals surface area contributed by atoms with Crippen LogP contribution in [0.15, 0.2) is 36.4 Å². The molecular weight excluding hydrogens is 585 g/mol. The molecule has 1 aliphatic rings. The summed E-state index contributed by atoms with van der Waals surface area (Å²) < 4.78 is 36.6. The van der Waals surface area contributed by atoms with E-state index in [0.717, 1.165) is 6.07 Å². The first kappa shape index (κ1) is 33.6. The molecular formula is C31H38Cl2F2N4O3. The lowest BCUT2D eigenvalue weighted by Crippen LogP contribution is -2.46. The Kier molecular flexibility index (Phi) is 10.5. The molecule has 3 N–H and O–H groups in total. The van der Waals surface area contributed by atoms with Gasteiger partial charge in [0.05, 0.1) is 17.1 Å². The number of halogens is 4. The van der Waals surface area contributed by atoms with Gasteiger partial charge >= 0.3 is 6.09 Å². The summed E-state index contributed by atoms with van der Waals surface area (Å²) >= 11 is 12.2. The molecule has 0 bridgehead atoms. The zero-order valence-corrected chi connectivity index (χ0v) is 26.2. The molecule has 2 amide bonds. The zero-order chi connectivity index (χ0) is 31.5. The van der Waals surface area contributed by atoms with E-state index in [4.69, 9.17) is 27.9 Å². The fourth-order valence-corrected chi connectivity index (χ4v) is 5.81. The van der Waals surface area contributed by atoms with E-state index in [0.29, 0.717) is 12.8 Å². The molecule has 3 rings (SSSR count). The topological polar surface area (TPSA) is 103 Å².